The van der Waals surface area contributed by atoms with Crippen molar-refractivity contribution in [3.8, 4) is 0 Å². The van der Waals surface area contributed by atoms with E-state index in [4.69, 9.17) is 0 Å². The molecule has 1 heterocycles. The normalized spacial score (nSPS) is 22.1. The van der Waals surface area contributed by atoms with E-state index < -0.39 is 0 Å². The molecule has 1 aliphatic heterocycles. The predicted octanol–water partition coefficient (Wildman–Crippen LogP) is 2.27. The highest BCUT2D eigenvalue weighted by Crippen LogP contribution is 2.21. The fraction of sp³-hybridized carbons (Fsp3) is 0.600. The van der Waals surface area contributed by atoms with Gasteiger partial charge in [-0.15, -0.1) is 0 Å². The monoisotopic (exact) mass is 248 g/mol. The Balaban J connectivity index is 1.98. The zero-order chi connectivity index (χ0) is 13.1. The number of likely N-dealkylation sites (tertiary alicyclic amines) is 1. The smallest absolute Gasteiger partial charge is 0.0761 e. The third kappa shape index (κ3) is 3.03. The van der Waals surface area contributed by atoms with E-state index in [-0.39, 0.29) is 6.10 Å². The van der Waals surface area contributed by atoms with Crippen LogP contribution in [0, 0.1) is 0 Å². The zero-order valence-corrected chi connectivity index (χ0v) is 11.6. The Bertz CT molecular complexity index is 375. The summed E-state index contributed by atoms with van der Waals surface area (Å²) in [6.07, 6.45) is 2.23. The van der Waals surface area contributed by atoms with Crippen LogP contribution in [0.25, 0.3) is 0 Å². The predicted molar refractivity (Wildman–Crippen MR) is 76.0 cm³/mol. The summed E-state index contributed by atoms with van der Waals surface area (Å²) in [4.78, 5) is 4.75. The van der Waals surface area contributed by atoms with Crippen molar-refractivity contribution in [1.29, 1.82) is 0 Å². The van der Waals surface area contributed by atoms with Crippen LogP contribution in [0.1, 0.15) is 31.4 Å². The lowest BCUT2D eigenvalue weighted by Crippen LogP contribution is -2.36. The maximum atomic E-state index is 9.50. The molecule has 3 heteroatoms. The van der Waals surface area contributed by atoms with Gasteiger partial charge >= 0.3 is 0 Å². The lowest BCUT2D eigenvalue weighted by Gasteiger charge is -2.27. The second-order valence-corrected chi connectivity index (χ2v) is 5.42. The first-order chi connectivity index (χ1) is 8.58. The van der Waals surface area contributed by atoms with Crippen LogP contribution in [0.4, 0.5) is 5.69 Å². The van der Waals surface area contributed by atoms with E-state index in [1.54, 1.807) is 6.92 Å². The summed E-state index contributed by atoms with van der Waals surface area (Å²) in [5.41, 5.74) is 2.20. The van der Waals surface area contributed by atoms with Crippen LogP contribution in [0.3, 0.4) is 0 Å². The Labute approximate surface area is 110 Å². The minimum atomic E-state index is -0.384. The number of anilines is 1. The number of hydrogen-bond donors (Lipinski definition) is 1. The molecule has 0 radical (unpaired) electrons. The van der Waals surface area contributed by atoms with Gasteiger partial charge in [0.2, 0.25) is 0 Å². The van der Waals surface area contributed by atoms with Crippen LogP contribution < -0.4 is 4.90 Å². The van der Waals surface area contributed by atoms with Gasteiger partial charge in [0.15, 0.2) is 0 Å². The standard InChI is InChI=1S/C15H24N2O/c1-12(18)13-6-8-14(9-7-13)17(3)11-15-5-4-10-16(15)2/h6-9,12,15,18H,4-5,10-11H2,1-3H3/t12-,15?/m0/s1. The van der Waals surface area contributed by atoms with Crippen molar-refractivity contribution in [2.75, 3.05) is 32.1 Å². The van der Waals surface area contributed by atoms with Gasteiger partial charge in [0.1, 0.15) is 0 Å². The molecule has 0 saturated carbocycles. The average molecular weight is 248 g/mol. The number of aliphatic hydroxyl groups excluding tert-OH is 1. The van der Waals surface area contributed by atoms with Crippen molar-refractivity contribution >= 4 is 5.69 Å². The van der Waals surface area contributed by atoms with Gasteiger partial charge in [-0.05, 0) is 51.1 Å². The molecule has 100 valence electrons. The first-order valence-electron chi connectivity index (χ1n) is 6.77. The van der Waals surface area contributed by atoms with Crippen molar-refractivity contribution in [1.82, 2.24) is 4.90 Å². The van der Waals surface area contributed by atoms with Crippen LogP contribution in [-0.2, 0) is 0 Å². The van der Waals surface area contributed by atoms with Gasteiger partial charge in [-0.25, -0.2) is 0 Å². The molecule has 18 heavy (non-hydrogen) atoms. The number of nitrogens with zero attached hydrogens (tertiary/aromatic N) is 2. The van der Waals surface area contributed by atoms with Gasteiger partial charge in [-0.1, -0.05) is 12.1 Å². The van der Waals surface area contributed by atoms with Gasteiger partial charge in [-0.2, -0.15) is 0 Å². The molecule has 0 bridgehead atoms. The molecule has 1 saturated heterocycles. The molecule has 1 N–H and O–H groups in total. The molecule has 0 aromatic heterocycles. The summed E-state index contributed by atoms with van der Waals surface area (Å²) >= 11 is 0. The number of hydrogen-bond acceptors (Lipinski definition) is 3. The third-order valence-electron chi connectivity index (χ3n) is 3.97. The Kier molecular flexibility index (Phi) is 4.25. The number of likely N-dealkylation sites (N-methyl/N-ethyl adjacent to an activating group) is 2. The summed E-state index contributed by atoms with van der Waals surface area (Å²) < 4.78 is 0. The molecule has 1 aliphatic rings. The van der Waals surface area contributed by atoms with Gasteiger partial charge in [0.05, 0.1) is 6.10 Å². The highest BCUT2D eigenvalue weighted by atomic mass is 16.3. The summed E-state index contributed by atoms with van der Waals surface area (Å²) in [7, 11) is 4.35. The van der Waals surface area contributed by atoms with Crippen LogP contribution in [0.15, 0.2) is 24.3 Å². The van der Waals surface area contributed by atoms with Gasteiger partial charge < -0.3 is 14.9 Å². The molecule has 0 aliphatic carbocycles. The van der Waals surface area contributed by atoms with Gasteiger partial charge in [0.25, 0.3) is 0 Å². The van der Waals surface area contributed by atoms with E-state index in [2.05, 4.69) is 36.0 Å². The van der Waals surface area contributed by atoms with Crippen molar-refractivity contribution in [2.24, 2.45) is 0 Å². The van der Waals surface area contributed by atoms with Crippen molar-refractivity contribution in [3.05, 3.63) is 29.8 Å². The first-order valence-corrected chi connectivity index (χ1v) is 6.77. The molecule has 1 unspecified atom stereocenters. The van der Waals surface area contributed by atoms with E-state index >= 15 is 0 Å². The molecular formula is C15H24N2O. The molecule has 2 atom stereocenters. The van der Waals surface area contributed by atoms with Crippen molar-refractivity contribution < 1.29 is 5.11 Å². The lowest BCUT2D eigenvalue weighted by molar-refractivity contribution is 0.199. The number of aliphatic hydroxyl groups is 1. The minimum Gasteiger partial charge on any atom is -0.389 e. The molecule has 1 aromatic carbocycles. The average Bonchev–Trinajstić information content (AvgIpc) is 2.75. The Morgan fingerprint density at radius 1 is 1.39 bits per heavy atom. The van der Waals surface area contributed by atoms with E-state index in [1.165, 1.54) is 25.1 Å². The summed E-state index contributed by atoms with van der Waals surface area (Å²) in [5.74, 6) is 0. The number of rotatable bonds is 4. The molecule has 1 fully saturated rings. The SMILES string of the molecule is C[C@H](O)c1ccc(N(C)CC2CCCN2C)cc1. The lowest BCUT2D eigenvalue weighted by atomic mass is 10.1. The Morgan fingerprint density at radius 2 is 2.06 bits per heavy atom. The van der Waals surface area contributed by atoms with E-state index in [1.807, 2.05) is 12.1 Å². The molecule has 0 spiro atoms. The van der Waals surface area contributed by atoms with Crippen molar-refractivity contribution in [3.63, 3.8) is 0 Å². The highest BCUT2D eigenvalue weighted by molar-refractivity contribution is 5.47. The van der Waals surface area contributed by atoms with Gasteiger partial charge in [-0.3, -0.25) is 0 Å². The molecule has 1 aromatic rings. The van der Waals surface area contributed by atoms with Crippen LogP contribution in [0.5, 0.6) is 0 Å². The van der Waals surface area contributed by atoms with E-state index in [0.29, 0.717) is 6.04 Å². The highest BCUT2D eigenvalue weighted by Gasteiger charge is 2.22. The van der Waals surface area contributed by atoms with Crippen molar-refractivity contribution in [2.45, 2.75) is 31.9 Å². The second-order valence-electron chi connectivity index (χ2n) is 5.42. The summed E-state index contributed by atoms with van der Waals surface area (Å²) in [6, 6.07) is 8.88. The van der Waals surface area contributed by atoms with Crippen LogP contribution >= 0.6 is 0 Å². The zero-order valence-electron chi connectivity index (χ0n) is 11.6. The molecule has 0 amide bonds. The molecule has 3 nitrogen and oxygen atoms in total. The van der Waals surface area contributed by atoms with Gasteiger partial charge in [0, 0.05) is 25.3 Å². The maximum Gasteiger partial charge on any atom is 0.0761 e. The third-order valence-corrected chi connectivity index (χ3v) is 3.97. The first kappa shape index (κ1) is 13.4. The van der Waals surface area contributed by atoms with E-state index in [9.17, 15) is 5.11 Å². The quantitative estimate of drug-likeness (QED) is 0.885. The fourth-order valence-electron chi connectivity index (χ4n) is 2.64. The maximum absolute atomic E-state index is 9.50. The fourth-order valence-corrected chi connectivity index (χ4v) is 2.64. The number of benzene rings is 1. The minimum absolute atomic E-state index is 0.384. The van der Waals surface area contributed by atoms with Crippen LogP contribution in [-0.4, -0.2) is 43.2 Å². The topological polar surface area (TPSA) is 26.7 Å². The molecule has 2 rings (SSSR count). The Hall–Kier alpha value is -1.06. The van der Waals surface area contributed by atoms with E-state index in [0.717, 1.165) is 12.1 Å². The summed E-state index contributed by atoms with van der Waals surface area (Å²) in [5, 5.41) is 9.50. The molecular weight excluding hydrogens is 224 g/mol. The summed E-state index contributed by atoms with van der Waals surface area (Å²) in [6.45, 7) is 4.09. The largest absolute Gasteiger partial charge is 0.389 e. The van der Waals surface area contributed by atoms with Crippen LogP contribution in [0.2, 0.25) is 0 Å². The second kappa shape index (κ2) is 5.72. The Morgan fingerprint density at radius 3 is 2.56 bits per heavy atom.